The second kappa shape index (κ2) is 5.49. The normalized spacial score (nSPS) is 12.8. The Kier molecular flexibility index (Phi) is 4.58. The lowest BCUT2D eigenvalue weighted by Gasteiger charge is -2.06. The molecule has 4 heteroatoms. The molecule has 0 aromatic carbocycles. The molecule has 1 atom stereocenters. The average molecular weight is 232 g/mol. The lowest BCUT2D eigenvalue weighted by atomic mass is 10.0. The van der Waals surface area contributed by atoms with E-state index in [-0.39, 0.29) is 5.78 Å². The van der Waals surface area contributed by atoms with E-state index in [2.05, 4.69) is 0 Å². The van der Waals surface area contributed by atoms with Crippen LogP contribution >= 0.6 is 22.9 Å². The molecule has 0 saturated carbocycles. The fourth-order valence-corrected chi connectivity index (χ4v) is 2.23. The van der Waals surface area contributed by atoms with Gasteiger partial charge in [0.1, 0.15) is 0 Å². The summed E-state index contributed by atoms with van der Waals surface area (Å²) in [5, 5.41) is 2.41. The zero-order valence-electron chi connectivity index (χ0n) is 8.13. The maximum absolute atomic E-state index is 11.6. The highest BCUT2D eigenvalue weighted by Crippen LogP contribution is 2.24. The molecule has 0 aliphatic heterocycles. The number of carbonyl (C=O) groups is 1. The highest BCUT2D eigenvalue weighted by atomic mass is 35.5. The van der Waals surface area contributed by atoms with Gasteiger partial charge in [0.25, 0.3) is 0 Å². The van der Waals surface area contributed by atoms with Gasteiger partial charge in [0.05, 0.1) is 9.90 Å². The molecule has 0 fully saturated rings. The minimum Gasteiger partial charge on any atom is -0.330 e. The van der Waals surface area contributed by atoms with Crippen LogP contribution in [0.4, 0.5) is 0 Å². The first kappa shape index (κ1) is 11.7. The molecule has 2 nitrogen and oxygen atoms in total. The SMILES string of the molecule is CC(CN)CCC(=O)c1sccc1Cl. The van der Waals surface area contributed by atoms with Crippen LogP contribution in [0.3, 0.4) is 0 Å². The van der Waals surface area contributed by atoms with Gasteiger partial charge in [0, 0.05) is 6.42 Å². The van der Waals surface area contributed by atoms with E-state index in [1.54, 1.807) is 6.07 Å². The molecule has 0 aliphatic rings. The van der Waals surface area contributed by atoms with Crippen LogP contribution in [0.2, 0.25) is 5.02 Å². The molecule has 0 aliphatic carbocycles. The van der Waals surface area contributed by atoms with Gasteiger partial charge in [-0.2, -0.15) is 0 Å². The number of carbonyl (C=O) groups excluding carboxylic acids is 1. The minimum absolute atomic E-state index is 0.130. The molecule has 1 unspecified atom stereocenters. The highest BCUT2D eigenvalue weighted by Gasteiger charge is 2.12. The summed E-state index contributed by atoms with van der Waals surface area (Å²) in [6.45, 7) is 2.68. The molecule has 1 aromatic heterocycles. The van der Waals surface area contributed by atoms with Gasteiger partial charge in [-0.3, -0.25) is 4.79 Å². The molecule has 0 spiro atoms. The van der Waals surface area contributed by atoms with Crippen LogP contribution in [0.25, 0.3) is 0 Å². The van der Waals surface area contributed by atoms with Crippen molar-refractivity contribution in [2.75, 3.05) is 6.54 Å². The van der Waals surface area contributed by atoms with Crippen molar-refractivity contribution in [2.45, 2.75) is 19.8 Å². The number of hydrogen-bond donors (Lipinski definition) is 1. The molecule has 14 heavy (non-hydrogen) atoms. The van der Waals surface area contributed by atoms with Crippen LogP contribution < -0.4 is 5.73 Å². The largest absolute Gasteiger partial charge is 0.330 e. The van der Waals surface area contributed by atoms with Crippen molar-refractivity contribution in [3.05, 3.63) is 21.3 Å². The van der Waals surface area contributed by atoms with Crippen molar-refractivity contribution >= 4 is 28.7 Å². The third-order valence-corrected chi connectivity index (χ3v) is 3.52. The van der Waals surface area contributed by atoms with Crippen molar-refractivity contribution in [1.29, 1.82) is 0 Å². The first-order valence-electron chi connectivity index (χ1n) is 4.61. The van der Waals surface area contributed by atoms with E-state index in [0.29, 0.717) is 28.8 Å². The summed E-state index contributed by atoms with van der Waals surface area (Å²) in [7, 11) is 0. The molecule has 1 heterocycles. The maximum Gasteiger partial charge on any atom is 0.174 e. The van der Waals surface area contributed by atoms with E-state index >= 15 is 0 Å². The molecule has 0 amide bonds. The summed E-state index contributed by atoms with van der Waals surface area (Å²) in [6.07, 6.45) is 1.38. The van der Waals surface area contributed by atoms with Crippen molar-refractivity contribution in [1.82, 2.24) is 0 Å². The highest BCUT2D eigenvalue weighted by molar-refractivity contribution is 7.12. The Labute approximate surface area is 93.1 Å². The zero-order valence-corrected chi connectivity index (χ0v) is 9.70. The quantitative estimate of drug-likeness (QED) is 0.792. The van der Waals surface area contributed by atoms with Gasteiger partial charge in [-0.15, -0.1) is 11.3 Å². The fraction of sp³-hybridized carbons (Fsp3) is 0.500. The van der Waals surface area contributed by atoms with Crippen LogP contribution in [0.5, 0.6) is 0 Å². The molecule has 0 radical (unpaired) electrons. The van der Waals surface area contributed by atoms with E-state index in [4.69, 9.17) is 17.3 Å². The predicted octanol–water partition coefficient (Wildman–Crippen LogP) is 2.96. The molecule has 1 aromatic rings. The molecule has 0 saturated heterocycles. The molecule has 1 rings (SSSR count). The molecule has 2 N–H and O–H groups in total. The number of rotatable bonds is 5. The smallest absolute Gasteiger partial charge is 0.174 e. The van der Waals surface area contributed by atoms with Crippen molar-refractivity contribution < 1.29 is 4.79 Å². The summed E-state index contributed by atoms with van der Waals surface area (Å²) in [4.78, 5) is 12.3. The predicted molar refractivity (Wildman–Crippen MR) is 61.1 cm³/mol. The third kappa shape index (κ3) is 3.08. The Balaban J connectivity index is 2.47. The van der Waals surface area contributed by atoms with Crippen LogP contribution in [0, 0.1) is 5.92 Å². The monoisotopic (exact) mass is 231 g/mol. The van der Waals surface area contributed by atoms with Gasteiger partial charge < -0.3 is 5.73 Å². The Morgan fingerprint density at radius 3 is 2.93 bits per heavy atom. The van der Waals surface area contributed by atoms with Crippen LogP contribution in [0.15, 0.2) is 11.4 Å². The number of Topliss-reactive ketones (excluding diaryl/α,β-unsaturated/α-hetero) is 1. The van der Waals surface area contributed by atoms with Gasteiger partial charge in [0.2, 0.25) is 0 Å². The van der Waals surface area contributed by atoms with Gasteiger partial charge in [-0.05, 0) is 30.3 Å². The number of halogens is 1. The first-order valence-corrected chi connectivity index (χ1v) is 5.87. The topological polar surface area (TPSA) is 43.1 Å². The summed E-state index contributed by atoms with van der Waals surface area (Å²) in [6, 6.07) is 1.76. The van der Waals surface area contributed by atoms with Crippen LogP contribution in [-0.2, 0) is 0 Å². The molecule has 78 valence electrons. The first-order chi connectivity index (χ1) is 6.65. The summed E-state index contributed by atoms with van der Waals surface area (Å²) < 4.78 is 0. The Hall–Kier alpha value is -0.380. The maximum atomic E-state index is 11.6. The lowest BCUT2D eigenvalue weighted by molar-refractivity contribution is 0.0979. The number of ketones is 1. The van der Waals surface area contributed by atoms with E-state index in [1.807, 2.05) is 12.3 Å². The van der Waals surface area contributed by atoms with E-state index in [9.17, 15) is 4.79 Å². The van der Waals surface area contributed by atoms with Gasteiger partial charge in [-0.1, -0.05) is 18.5 Å². The van der Waals surface area contributed by atoms with Crippen molar-refractivity contribution in [2.24, 2.45) is 11.7 Å². The Morgan fingerprint density at radius 1 is 1.71 bits per heavy atom. The number of thiophene rings is 1. The summed E-state index contributed by atoms with van der Waals surface area (Å²) in [5.41, 5.74) is 5.47. The second-order valence-electron chi connectivity index (χ2n) is 3.40. The number of hydrogen-bond acceptors (Lipinski definition) is 3. The standard InChI is InChI=1S/C10H14ClNOS/c1-7(6-12)2-3-9(13)10-8(11)4-5-14-10/h4-5,7H,2-3,6,12H2,1H3. The second-order valence-corrected chi connectivity index (χ2v) is 4.72. The minimum atomic E-state index is 0.130. The van der Waals surface area contributed by atoms with Gasteiger partial charge in [0.15, 0.2) is 5.78 Å². The Bertz CT molecular complexity index is 311. The summed E-state index contributed by atoms with van der Waals surface area (Å²) in [5.74, 6) is 0.531. The molecule has 0 bridgehead atoms. The van der Waals surface area contributed by atoms with Crippen LogP contribution in [-0.4, -0.2) is 12.3 Å². The van der Waals surface area contributed by atoms with Gasteiger partial charge >= 0.3 is 0 Å². The van der Waals surface area contributed by atoms with Gasteiger partial charge in [-0.25, -0.2) is 0 Å². The fourth-order valence-electron chi connectivity index (χ4n) is 1.10. The summed E-state index contributed by atoms with van der Waals surface area (Å²) >= 11 is 7.25. The van der Waals surface area contributed by atoms with Crippen molar-refractivity contribution in [3.8, 4) is 0 Å². The van der Waals surface area contributed by atoms with E-state index in [0.717, 1.165) is 6.42 Å². The Morgan fingerprint density at radius 2 is 2.43 bits per heavy atom. The van der Waals surface area contributed by atoms with E-state index in [1.165, 1.54) is 11.3 Å². The average Bonchev–Trinajstić information content (AvgIpc) is 2.60. The van der Waals surface area contributed by atoms with Crippen LogP contribution in [0.1, 0.15) is 29.4 Å². The number of nitrogens with two attached hydrogens (primary N) is 1. The lowest BCUT2D eigenvalue weighted by Crippen LogP contribution is -2.12. The molecular formula is C10H14ClNOS. The van der Waals surface area contributed by atoms with Crippen molar-refractivity contribution in [3.63, 3.8) is 0 Å². The molecular weight excluding hydrogens is 218 g/mol. The third-order valence-electron chi connectivity index (χ3n) is 2.14. The van der Waals surface area contributed by atoms with E-state index < -0.39 is 0 Å². The zero-order chi connectivity index (χ0) is 10.6.